The highest BCUT2D eigenvalue weighted by molar-refractivity contribution is 6.29. The molecule has 0 atom stereocenters. The lowest BCUT2D eigenvalue weighted by Gasteiger charge is -2.31. The number of piperidine rings is 1. The lowest BCUT2D eigenvalue weighted by Crippen LogP contribution is -2.35. The second-order valence-electron chi connectivity index (χ2n) is 3.55. The molecule has 1 aromatic rings. The van der Waals surface area contributed by atoms with Crippen LogP contribution in [0.15, 0.2) is 18.3 Å². The topological polar surface area (TPSA) is 36.4 Å². The summed E-state index contributed by atoms with van der Waals surface area (Å²) in [5.74, 6) is 0. The van der Waals surface area contributed by atoms with Gasteiger partial charge in [0, 0.05) is 25.0 Å². The molecule has 0 unspecified atom stereocenters. The molecule has 3 nitrogen and oxygen atoms in total. The predicted octanol–water partition coefficient (Wildman–Crippen LogP) is 1.70. The number of hydrogen-bond donors (Lipinski definition) is 1. The van der Waals surface area contributed by atoms with E-state index in [1.165, 1.54) is 0 Å². The molecule has 0 aliphatic carbocycles. The fourth-order valence-electron chi connectivity index (χ4n) is 1.71. The molecule has 1 aliphatic heterocycles. The number of aliphatic hydroxyl groups is 1. The summed E-state index contributed by atoms with van der Waals surface area (Å²) in [6.07, 6.45) is 3.24. The normalized spacial score (nSPS) is 18.6. The van der Waals surface area contributed by atoms with E-state index >= 15 is 0 Å². The number of aromatic nitrogens is 1. The van der Waals surface area contributed by atoms with Crippen LogP contribution in [-0.4, -0.2) is 29.3 Å². The molecule has 0 saturated carbocycles. The highest BCUT2D eigenvalue weighted by Gasteiger charge is 2.17. The summed E-state index contributed by atoms with van der Waals surface area (Å²) < 4.78 is 0. The van der Waals surface area contributed by atoms with Crippen molar-refractivity contribution in [3.63, 3.8) is 0 Å². The molecule has 76 valence electrons. The standard InChI is InChI=1S/C10H13ClN2O/c11-10-7-8(1-4-12-10)13-5-2-9(14)3-6-13/h1,4,7,9,14H,2-3,5-6H2. The van der Waals surface area contributed by atoms with Crippen LogP contribution in [0.1, 0.15) is 12.8 Å². The van der Waals surface area contributed by atoms with E-state index in [1.807, 2.05) is 12.1 Å². The van der Waals surface area contributed by atoms with Crippen molar-refractivity contribution in [2.24, 2.45) is 0 Å². The third-order valence-electron chi connectivity index (χ3n) is 2.54. The van der Waals surface area contributed by atoms with Crippen molar-refractivity contribution in [2.45, 2.75) is 18.9 Å². The summed E-state index contributed by atoms with van der Waals surface area (Å²) in [5, 5.41) is 9.89. The van der Waals surface area contributed by atoms with Crippen LogP contribution in [0.3, 0.4) is 0 Å². The number of halogens is 1. The fourth-order valence-corrected chi connectivity index (χ4v) is 1.88. The van der Waals surface area contributed by atoms with Gasteiger partial charge in [-0.25, -0.2) is 4.98 Å². The fraction of sp³-hybridized carbons (Fsp3) is 0.500. The maximum absolute atomic E-state index is 9.36. The number of pyridine rings is 1. The molecule has 1 saturated heterocycles. The van der Waals surface area contributed by atoms with Gasteiger partial charge in [-0.05, 0) is 25.0 Å². The van der Waals surface area contributed by atoms with Crippen molar-refractivity contribution in [3.05, 3.63) is 23.5 Å². The Morgan fingerprint density at radius 1 is 1.43 bits per heavy atom. The minimum atomic E-state index is -0.136. The van der Waals surface area contributed by atoms with E-state index in [0.29, 0.717) is 5.15 Å². The molecule has 2 rings (SSSR count). The van der Waals surface area contributed by atoms with Gasteiger partial charge in [-0.1, -0.05) is 11.6 Å². The molecule has 0 aromatic carbocycles. The molecule has 14 heavy (non-hydrogen) atoms. The molecule has 1 aromatic heterocycles. The molecule has 0 bridgehead atoms. The Balaban J connectivity index is 2.08. The second kappa shape index (κ2) is 4.15. The van der Waals surface area contributed by atoms with Gasteiger partial charge < -0.3 is 10.0 Å². The first kappa shape index (κ1) is 9.74. The molecule has 4 heteroatoms. The van der Waals surface area contributed by atoms with Crippen molar-refractivity contribution >= 4 is 17.3 Å². The van der Waals surface area contributed by atoms with Gasteiger partial charge in [0.15, 0.2) is 0 Å². The van der Waals surface area contributed by atoms with Crippen LogP contribution in [0.2, 0.25) is 5.15 Å². The Hall–Kier alpha value is -0.800. The summed E-state index contributed by atoms with van der Waals surface area (Å²) in [6, 6.07) is 3.81. The minimum Gasteiger partial charge on any atom is -0.393 e. The average Bonchev–Trinajstić information content (AvgIpc) is 2.19. The van der Waals surface area contributed by atoms with Crippen molar-refractivity contribution in [3.8, 4) is 0 Å². The molecule has 1 aliphatic rings. The maximum atomic E-state index is 9.36. The van der Waals surface area contributed by atoms with Gasteiger partial charge >= 0.3 is 0 Å². The van der Waals surface area contributed by atoms with E-state index in [4.69, 9.17) is 11.6 Å². The van der Waals surface area contributed by atoms with E-state index in [9.17, 15) is 5.11 Å². The molecule has 1 N–H and O–H groups in total. The number of nitrogens with zero attached hydrogens (tertiary/aromatic N) is 2. The van der Waals surface area contributed by atoms with Crippen LogP contribution in [0.4, 0.5) is 5.69 Å². The summed E-state index contributed by atoms with van der Waals surface area (Å²) in [5.41, 5.74) is 1.09. The highest BCUT2D eigenvalue weighted by Crippen LogP contribution is 2.21. The van der Waals surface area contributed by atoms with Gasteiger partial charge in [0.2, 0.25) is 0 Å². The number of aliphatic hydroxyl groups excluding tert-OH is 1. The van der Waals surface area contributed by atoms with Gasteiger partial charge in [-0.3, -0.25) is 0 Å². The first-order valence-electron chi connectivity index (χ1n) is 4.80. The predicted molar refractivity (Wildman–Crippen MR) is 56.7 cm³/mol. The third-order valence-corrected chi connectivity index (χ3v) is 2.75. The first-order valence-corrected chi connectivity index (χ1v) is 5.18. The van der Waals surface area contributed by atoms with Crippen molar-refractivity contribution < 1.29 is 5.11 Å². The highest BCUT2D eigenvalue weighted by atomic mass is 35.5. The summed E-state index contributed by atoms with van der Waals surface area (Å²) in [4.78, 5) is 6.16. The largest absolute Gasteiger partial charge is 0.393 e. The zero-order valence-electron chi connectivity index (χ0n) is 7.86. The van der Waals surface area contributed by atoms with E-state index < -0.39 is 0 Å². The SMILES string of the molecule is OC1CCN(c2ccnc(Cl)c2)CC1. The zero-order valence-corrected chi connectivity index (χ0v) is 8.61. The van der Waals surface area contributed by atoms with Gasteiger partial charge in [-0.15, -0.1) is 0 Å². The Morgan fingerprint density at radius 2 is 2.14 bits per heavy atom. The van der Waals surface area contributed by atoms with Gasteiger partial charge in [-0.2, -0.15) is 0 Å². The van der Waals surface area contributed by atoms with Crippen LogP contribution in [0.25, 0.3) is 0 Å². The molecule has 0 amide bonds. The third kappa shape index (κ3) is 2.16. The summed E-state index contributed by atoms with van der Waals surface area (Å²) in [6.45, 7) is 1.78. The van der Waals surface area contributed by atoms with Crippen molar-refractivity contribution in [2.75, 3.05) is 18.0 Å². The van der Waals surface area contributed by atoms with E-state index in [-0.39, 0.29) is 6.10 Å². The van der Waals surface area contributed by atoms with E-state index in [0.717, 1.165) is 31.6 Å². The Bertz CT molecular complexity index is 311. The van der Waals surface area contributed by atoms with Crippen LogP contribution >= 0.6 is 11.6 Å². The number of anilines is 1. The van der Waals surface area contributed by atoms with Gasteiger partial charge in [0.05, 0.1) is 6.10 Å². The van der Waals surface area contributed by atoms with Crippen LogP contribution in [-0.2, 0) is 0 Å². The Kier molecular flexibility index (Phi) is 2.89. The lowest BCUT2D eigenvalue weighted by atomic mass is 10.1. The number of hydrogen-bond acceptors (Lipinski definition) is 3. The number of rotatable bonds is 1. The van der Waals surface area contributed by atoms with E-state index in [2.05, 4.69) is 9.88 Å². The van der Waals surface area contributed by atoms with E-state index in [1.54, 1.807) is 6.20 Å². The zero-order chi connectivity index (χ0) is 9.97. The first-order chi connectivity index (χ1) is 6.75. The smallest absolute Gasteiger partial charge is 0.131 e. The quantitative estimate of drug-likeness (QED) is 0.720. The second-order valence-corrected chi connectivity index (χ2v) is 3.94. The molecule has 1 fully saturated rings. The Morgan fingerprint density at radius 3 is 2.79 bits per heavy atom. The molecular weight excluding hydrogens is 200 g/mol. The Labute approximate surface area is 88.3 Å². The van der Waals surface area contributed by atoms with Crippen molar-refractivity contribution in [1.82, 2.24) is 4.98 Å². The molecule has 0 spiro atoms. The van der Waals surface area contributed by atoms with Gasteiger partial charge in [0.25, 0.3) is 0 Å². The maximum Gasteiger partial charge on any atom is 0.131 e. The van der Waals surface area contributed by atoms with Crippen LogP contribution < -0.4 is 4.90 Å². The molecule has 0 radical (unpaired) electrons. The summed E-state index contributed by atoms with van der Waals surface area (Å²) >= 11 is 5.81. The molecule has 2 heterocycles. The lowest BCUT2D eigenvalue weighted by molar-refractivity contribution is 0.145. The van der Waals surface area contributed by atoms with Crippen LogP contribution in [0.5, 0.6) is 0 Å². The minimum absolute atomic E-state index is 0.136. The summed E-state index contributed by atoms with van der Waals surface area (Å²) in [7, 11) is 0. The van der Waals surface area contributed by atoms with Crippen molar-refractivity contribution in [1.29, 1.82) is 0 Å². The monoisotopic (exact) mass is 212 g/mol. The molecular formula is C10H13ClN2O. The van der Waals surface area contributed by atoms with Gasteiger partial charge in [0.1, 0.15) is 5.15 Å². The average molecular weight is 213 g/mol. The van der Waals surface area contributed by atoms with Crippen LogP contribution in [0, 0.1) is 0 Å².